The third-order valence-electron chi connectivity index (χ3n) is 4.76. The molecule has 1 aromatic heterocycles. The molecule has 0 radical (unpaired) electrons. The monoisotopic (exact) mass is 326 g/mol. The molecule has 0 aliphatic heterocycles. The van der Waals surface area contributed by atoms with E-state index in [1.807, 2.05) is 19.0 Å². The first kappa shape index (κ1) is 16.3. The molecule has 1 N–H and O–H groups in total. The topological polar surface area (TPSA) is 62.4 Å². The number of carbonyl (C=O) groups is 2. The number of rotatable bonds is 3. The molecule has 2 aromatic rings. The molecule has 24 heavy (non-hydrogen) atoms. The minimum atomic E-state index is -0.429. The van der Waals surface area contributed by atoms with E-state index in [1.165, 1.54) is 7.11 Å². The van der Waals surface area contributed by atoms with E-state index >= 15 is 0 Å². The second-order valence-electron chi connectivity index (χ2n) is 6.48. The second-order valence-corrected chi connectivity index (χ2v) is 6.48. The van der Waals surface area contributed by atoms with Crippen molar-refractivity contribution in [3.63, 3.8) is 0 Å². The highest BCUT2D eigenvalue weighted by atomic mass is 16.5. The Morgan fingerprint density at radius 1 is 1.21 bits per heavy atom. The first-order valence-corrected chi connectivity index (χ1v) is 8.02. The molecule has 0 spiro atoms. The average Bonchev–Trinajstić information content (AvgIpc) is 2.91. The minimum absolute atomic E-state index is 0.0850. The number of Topliss-reactive ketones (excluding diaryl/α,β-unsaturated/α-hetero) is 1. The van der Waals surface area contributed by atoms with Gasteiger partial charge in [-0.3, -0.25) is 4.79 Å². The lowest BCUT2D eigenvalue weighted by Crippen LogP contribution is -2.18. The predicted molar refractivity (Wildman–Crippen MR) is 93.0 cm³/mol. The summed E-state index contributed by atoms with van der Waals surface area (Å²) in [5.74, 6) is -0.215. The van der Waals surface area contributed by atoms with Gasteiger partial charge in [-0.15, -0.1) is 0 Å². The molecule has 5 nitrogen and oxygen atoms in total. The average molecular weight is 326 g/mol. The molecule has 1 atom stereocenters. The number of nitrogens with one attached hydrogen (secondary N) is 1. The second kappa shape index (κ2) is 6.15. The van der Waals surface area contributed by atoms with E-state index < -0.39 is 5.97 Å². The fourth-order valence-electron chi connectivity index (χ4n) is 3.42. The van der Waals surface area contributed by atoms with Crippen molar-refractivity contribution in [1.29, 1.82) is 0 Å². The van der Waals surface area contributed by atoms with Crippen LogP contribution in [0.5, 0.6) is 0 Å². The Morgan fingerprint density at radius 3 is 2.46 bits per heavy atom. The summed E-state index contributed by atoms with van der Waals surface area (Å²) in [7, 11) is 5.35. The van der Waals surface area contributed by atoms with Gasteiger partial charge < -0.3 is 14.6 Å². The Kier molecular flexibility index (Phi) is 4.18. The van der Waals surface area contributed by atoms with E-state index in [-0.39, 0.29) is 11.7 Å². The number of methoxy groups -OCH3 is 1. The molecule has 0 amide bonds. The van der Waals surface area contributed by atoms with Gasteiger partial charge in [0.2, 0.25) is 0 Å². The molecular weight excluding hydrogens is 304 g/mol. The fourth-order valence-corrected chi connectivity index (χ4v) is 3.42. The first-order chi connectivity index (χ1) is 11.4. The number of aromatic amines is 1. The number of fused-ring (bicyclic) bond motifs is 1. The Balaban J connectivity index is 1.92. The van der Waals surface area contributed by atoms with Crippen LogP contribution >= 0.6 is 0 Å². The third kappa shape index (κ3) is 2.70. The van der Waals surface area contributed by atoms with Crippen molar-refractivity contribution < 1.29 is 14.3 Å². The molecule has 0 bridgehead atoms. The normalized spacial score (nSPS) is 16.7. The van der Waals surface area contributed by atoms with Crippen LogP contribution in [-0.2, 0) is 11.2 Å². The maximum absolute atomic E-state index is 12.6. The number of nitrogens with zero attached hydrogens (tertiary/aromatic N) is 1. The summed E-state index contributed by atoms with van der Waals surface area (Å²) in [5.41, 5.74) is 4.86. The summed E-state index contributed by atoms with van der Waals surface area (Å²) in [6.07, 6.45) is 1.19. The van der Waals surface area contributed by atoms with Crippen LogP contribution in [0, 0.1) is 6.92 Å². The van der Waals surface area contributed by atoms with E-state index in [0.717, 1.165) is 23.4 Å². The van der Waals surface area contributed by atoms with Crippen LogP contribution in [-0.4, -0.2) is 37.9 Å². The van der Waals surface area contributed by atoms with Crippen molar-refractivity contribution in [2.75, 3.05) is 26.1 Å². The van der Waals surface area contributed by atoms with Gasteiger partial charge in [0.05, 0.1) is 7.11 Å². The Bertz CT molecular complexity index is 788. The van der Waals surface area contributed by atoms with Crippen LogP contribution < -0.4 is 4.90 Å². The smallest absolute Gasteiger partial charge is 0.354 e. The lowest BCUT2D eigenvalue weighted by atomic mass is 9.81. The highest BCUT2D eigenvalue weighted by Gasteiger charge is 2.32. The van der Waals surface area contributed by atoms with Crippen molar-refractivity contribution in [1.82, 2.24) is 4.98 Å². The molecule has 1 unspecified atom stereocenters. The van der Waals surface area contributed by atoms with E-state index in [9.17, 15) is 9.59 Å². The van der Waals surface area contributed by atoms with Crippen molar-refractivity contribution in [3.8, 4) is 0 Å². The summed E-state index contributed by atoms with van der Waals surface area (Å²) in [5, 5.41) is 0. The zero-order valence-electron chi connectivity index (χ0n) is 14.5. The van der Waals surface area contributed by atoms with Crippen LogP contribution in [0.2, 0.25) is 0 Å². The fraction of sp³-hybridized carbons (Fsp3) is 0.368. The highest BCUT2D eigenvalue weighted by Crippen LogP contribution is 2.35. The van der Waals surface area contributed by atoms with Gasteiger partial charge in [-0.05, 0) is 42.5 Å². The number of ether oxygens (including phenoxy) is 1. The van der Waals surface area contributed by atoms with Gasteiger partial charge in [0.15, 0.2) is 5.78 Å². The maximum Gasteiger partial charge on any atom is 0.354 e. The van der Waals surface area contributed by atoms with Gasteiger partial charge in [0, 0.05) is 37.5 Å². The Morgan fingerprint density at radius 2 is 1.88 bits per heavy atom. The van der Waals surface area contributed by atoms with Crippen molar-refractivity contribution >= 4 is 17.4 Å². The number of anilines is 1. The number of hydrogen-bond donors (Lipinski definition) is 1. The molecule has 1 aliphatic rings. The Hall–Kier alpha value is -2.56. The number of aromatic nitrogens is 1. The molecule has 0 saturated carbocycles. The number of hydrogen-bond acceptors (Lipinski definition) is 4. The zero-order chi connectivity index (χ0) is 17.4. The quantitative estimate of drug-likeness (QED) is 0.881. The molecule has 5 heteroatoms. The van der Waals surface area contributed by atoms with Gasteiger partial charge >= 0.3 is 5.97 Å². The minimum Gasteiger partial charge on any atom is -0.464 e. The number of H-pyrrole nitrogens is 1. The predicted octanol–water partition coefficient (Wildman–Crippen LogP) is 3.09. The highest BCUT2D eigenvalue weighted by molar-refractivity contribution is 6.03. The molecule has 0 fully saturated rings. The SMILES string of the molecule is COC(=O)c1[nH]c2c(c1C)C(=O)CC(c1ccc(N(C)C)cc1)C2. The molecule has 3 rings (SSSR count). The summed E-state index contributed by atoms with van der Waals surface area (Å²) in [6.45, 7) is 1.80. The zero-order valence-corrected chi connectivity index (χ0v) is 14.5. The van der Waals surface area contributed by atoms with Gasteiger partial charge in [-0.2, -0.15) is 0 Å². The Labute approximate surface area is 141 Å². The van der Waals surface area contributed by atoms with Crippen molar-refractivity contribution in [2.24, 2.45) is 0 Å². The van der Waals surface area contributed by atoms with Gasteiger partial charge in [0.1, 0.15) is 5.69 Å². The molecule has 126 valence electrons. The summed E-state index contributed by atoms with van der Waals surface area (Å²) < 4.78 is 4.79. The maximum atomic E-state index is 12.6. The summed E-state index contributed by atoms with van der Waals surface area (Å²) in [4.78, 5) is 29.6. The van der Waals surface area contributed by atoms with Gasteiger partial charge in [-0.1, -0.05) is 12.1 Å². The molecule has 1 aliphatic carbocycles. The number of esters is 1. The standard InChI is InChI=1S/C19H22N2O3/c1-11-17-15(20-18(11)19(23)24-4)9-13(10-16(17)22)12-5-7-14(8-6-12)21(2)3/h5-8,13,20H,9-10H2,1-4H3. The lowest BCUT2D eigenvalue weighted by Gasteiger charge is -2.23. The molecule has 0 saturated heterocycles. The molecular formula is C19H22N2O3. The van der Waals surface area contributed by atoms with Crippen LogP contribution in [0.15, 0.2) is 24.3 Å². The first-order valence-electron chi connectivity index (χ1n) is 8.02. The van der Waals surface area contributed by atoms with Crippen LogP contribution in [0.3, 0.4) is 0 Å². The van der Waals surface area contributed by atoms with Crippen LogP contribution in [0.4, 0.5) is 5.69 Å². The van der Waals surface area contributed by atoms with Crippen LogP contribution in [0.25, 0.3) is 0 Å². The van der Waals surface area contributed by atoms with Gasteiger partial charge in [0.25, 0.3) is 0 Å². The van der Waals surface area contributed by atoms with Crippen LogP contribution in [0.1, 0.15) is 50.0 Å². The van der Waals surface area contributed by atoms with E-state index in [2.05, 4.69) is 29.2 Å². The van der Waals surface area contributed by atoms with E-state index in [0.29, 0.717) is 23.2 Å². The summed E-state index contributed by atoms with van der Waals surface area (Å²) in [6, 6.07) is 8.29. The molecule has 1 heterocycles. The van der Waals surface area contributed by atoms with E-state index in [1.54, 1.807) is 6.92 Å². The summed E-state index contributed by atoms with van der Waals surface area (Å²) >= 11 is 0. The number of benzene rings is 1. The number of ketones is 1. The largest absolute Gasteiger partial charge is 0.464 e. The van der Waals surface area contributed by atoms with Gasteiger partial charge in [-0.25, -0.2) is 4.79 Å². The molecule has 1 aromatic carbocycles. The van der Waals surface area contributed by atoms with Crippen molar-refractivity contribution in [3.05, 3.63) is 52.3 Å². The van der Waals surface area contributed by atoms with Crippen molar-refractivity contribution in [2.45, 2.75) is 25.7 Å². The lowest BCUT2D eigenvalue weighted by molar-refractivity contribution is 0.0593. The van der Waals surface area contributed by atoms with E-state index in [4.69, 9.17) is 4.74 Å². The third-order valence-corrected chi connectivity index (χ3v) is 4.76. The number of carbonyl (C=O) groups excluding carboxylic acids is 2.